The lowest BCUT2D eigenvalue weighted by atomic mass is 10.1. The van der Waals surface area contributed by atoms with Crippen molar-refractivity contribution in [1.29, 1.82) is 0 Å². The average molecular weight is 322 g/mol. The molecule has 1 aromatic rings. The summed E-state index contributed by atoms with van der Waals surface area (Å²) in [5, 5.41) is 3.90. The molecule has 0 bridgehead atoms. The minimum absolute atomic E-state index is 0.0755. The van der Waals surface area contributed by atoms with Crippen LogP contribution in [0.4, 0.5) is 13.2 Å². The molecular weight excluding hydrogens is 309 g/mol. The molecule has 1 aliphatic rings. The zero-order valence-electron chi connectivity index (χ0n) is 10.8. The Kier molecular flexibility index (Phi) is 3.98. The Morgan fingerprint density at radius 3 is 2.43 bits per heavy atom. The lowest BCUT2D eigenvalue weighted by molar-refractivity contribution is -0.139. The molecule has 2 rings (SSSR count). The third-order valence-electron chi connectivity index (χ3n) is 3.33. The van der Waals surface area contributed by atoms with Crippen LogP contribution >= 0.6 is 0 Å². The van der Waals surface area contributed by atoms with Crippen molar-refractivity contribution in [3.63, 3.8) is 0 Å². The van der Waals surface area contributed by atoms with Gasteiger partial charge in [-0.15, -0.1) is 0 Å². The number of halogens is 3. The zero-order chi connectivity index (χ0) is 15.8. The number of rotatable bonds is 3. The van der Waals surface area contributed by atoms with Crippen LogP contribution in [0.2, 0.25) is 0 Å². The van der Waals surface area contributed by atoms with E-state index in [4.69, 9.17) is 5.14 Å². The molecule has 1 amide bonds. The van der Waals surface area contributed by atoms with Gasteiger partial charge in [0.05, 0.1) is 5.56 Å². The molecule has 1 heterocycles. The second-order valence-electron chi connectivity index (χ2n) is 4.84. The van der Waals surface area contributed by atoms with Gasteiger partial charge in [0.1, 0.15) is 5.25 Å². The highest BCUT2D eigenvalue weighted by molar-refractivity contribution is 7.89. The number of likely N-dealkylation sites (tertiary alicyclic amines) is 1. The molecule has 21 heavy (non-hydrogen) atoms. The first-order valence-corrected chi connectivity index (χ1v) is 7.64. The first-order chi connectivity index (χ1) is 9.59. The maximum absolute atomic E-state index is 12.9. The van der Waals surface area contributed by atoms with E-state index in [1.165, 1.54) is 18.2 Å². The van der Waals surface area contributed by atoms with Gasteiger partial charge in [-0.05, 0) is 11.6 Å². The first kappa shape index (κ1) is 15.8. The third-order valence-corrected chi connectivity index (χ3v) is 4.57. The predicted octanol–water partition coefficient (Wildman–Crippen LogP) is 1.09. The SMILES string of the molecule is NS(=O)(=O)C1CC(=O)N(Cc2ccccc2C(F)(F)F)C1. The van der Waals surface area contributed by atoms with E-state index in [0.29, 0.717) is 0 Å². The Morgan fingerprint density at radius 2 is 1.90 bits per heavy atom. The smallest absolute Gasteiger partial charge is 0.337 e. The summed E-state index contributed by atoms with van der Waals surface area (Å²) in [5.41, 5.74) is -0.912. The van der Waals surface area contributed by atoms with Crippen molar-refractivity contribution >= 4 is 15.9 Å². The minimum atomic E-state index is -4.53. The minimum Gasteiger partial charge on any atom is -0.337 e. The standard InChI is InChI=1S/C12H13F3N2O3S/c13-12(14,15)10-4-2-1-3-8(10)6-17-7-9(5-11(17)18)21(16,19)20/h1-4,9H,5-7H2,(H2,16,19,20). The molecule has 0 radical (unpaired) electrons. The van der Waals surface area contributed by atoms with Gasteiger partial charge in [0.2, 0.25) is 15.9 Å². The number of alkyl halides is 3. The van der Waals surface area contributed by atoms with Gasteiger partial charge in [-0.25, -0.2) is 13.6 Å². The number of benzene rings is 1. The number of primary sulfonamides is 1. The van der Waals surface area contributed by atoms with Crippen LogP contribution in [0.1, 0.15) is 17.5 Å². The van der Waals surface area contributed by atoms with Crippen molar-refractivity contribution in [3.05, 3.63) is 35.4 Å². The van der Waals surface area contributed by atoms with Crippen LogP contribution < -0.4 is 5.14 Å². The molecule has 9 heteroatoms. The molecule has 1 fully saturated rings. The van der Waals surface area contributed by atoms with E-state index in [1.54, 1.807) is 0 Å². The number of carbonyl (C=O) groups excluding carboxylic acids is 1. The summed E-state index contributed by atoms with van der Waals surface area (Å²) in [7, 11) is -3.88. The van der Waals surface area contributed by atoms with E-state index in [0.717, 1.165) is 11.0 Å². The van der Waals surface area contributed by atoms with Crippen molar-refractivity contribution in [1.82, 2.24) is 4.90 Å². The van der Waals surface area contributed by atoms with E-state index in [-0.39, 0.29) is 25.1 Å². The molecular formula is C12H13F3N2O3S. The summed E-state index contributed by atoms with van der Waals surface area (Å²) >= 11 is 0. The Bertz CT molecular complexity index is 658. The van der Waals surface area contributed by atoms with Gasteiger partial charge in [-0.1, -0.05) is 18.2 Å². The lowest BCUT2D eigenvalue weighted by Crippen LogP contribution is -2.32. The normalized spacial score (nSPS) is 20.1. The van der Waals surface area contributed by atoms with Gasteiger partial charge < -0.3 is 4.90 Å². The lowest BCUT2D eigenvalue weighted by Gasteiger charge is -2.19. The van der Waals surface area contributed by atoms with Crippen LogP contribution in [0.25, 0.3) is 0 Å². The molecule has 1 aliphatic heterocycles. The van der Waals surface area contributed by atoms with Crippen molar-refractivity contribution in [3.8, 4) is 0 Å². The van der Waals surface area contributed by atoms with E-state index < -0.39 is 32.9 Å². The van der Waals surface area contributed by atoms with Crippen LogP contribution in [0.15, 0.2) is 24.3 Å². The number of hydrogen-bond donors (Lipinski definition) is 1. The van der Waals surface area contributed by atoms with Gasteiger partial charge >= 0.3 is 6.18 Å². The van der Waals surface area contributed by atoms with Gasteiger partial charge in [-0.2, -0.15) is 13.2 Å². The quantitative estimate of drug-likeness (QED) is 0.905. The molecule has 116 valence electrons. The number of hydrogen-bond acceptors (Lipinski definition) is 3. The first-order valence-electron chi connectivity index (χ1n) is 6.03. The van der Waals surface area contributed by atoms with Crippen molar-refractivity contribution in [2.45, 2.75) is 24.4 Å². The van der Waals surface area contributed by atoms with Crippen molar-refractivity contribution in [2.75, 3.05) is 6.54 Å². The van der Waals surface area contributed by atoms with Crippen LogP contribution in [-0.4, -0.2) is 31.0 Å². The Morgan fingerprint density at radius 1 is 1.29 bits per heavy atom. The largest absolute Gasteiger partial charge is 0.416 e. The van der Waals surface area contributed by atoms with E-state index >= 15 is 0 Å². The van der Waals surface area contributed by atoms with Gasteiger partial charge in [0.25, 0.3) is 0 Å². The van der Waals surface area contributed by atoms with Crippen molar-refractivity contribution < 1.29 is 26.4 Å². The number of sulfonamides is 1. The Labute approximate surface area is 119 Å². The highest BCUT2D eigenvalue weighted by Gasteiger charge is 2.38. The second-order valence-corrected chi connectivity index (χ2v) is 6.69. The van der Waals surface area contributed by atoms with E-state index in [2.05, 4.69) is 0 Å². The zero-order valence-corrected chi connectivity index (χ0v) is 11.6. The van der Waals surface area contributed by atoms with Crippen LogP contribution in [-0.2, 0) is 27.5 Å². The summed E-state index contributed by atoms with van der Waals surface area (Å²) in [6.07, 6.45) is -4.83. The van der Waals surface area contributed by atoms with Crippen LogP contribution in [0, 0.1) is 0 Å². The summed E-state index contributed by atoms with van der Waals surface area (Å²) in [6, 6.07) is 4.88. The molecule has 1 atom stereocenters. The molecule has 1 saturated heterocycles. The monoisotopic (exact) mass is 322 g/mol. The van der Waals surface area contributed by atoms with Gasteiger partial charge in [0, 0.05) is 19.5 Å². The van der Waals surface area contributed by atoms with Crippen molar-refractivity contribution in [2.24, 2.45) is 5.14 Å². The maximum atomic E-state index is 12.9. The van der Waals surface area contributed by atoms with E-state index in [1.807, 2.05) is 0 Å². The number of amides is 1. The average Bonchev–Trinajstić information content (AvgIpc) is 2.70. The summed E-state index contributed by atoms with van der Waals surface area (Å²) in [5.74, 6) is -0.522. The third kappa shape index (κ3) is 3.53. The number of nitrogens with two attached hydrogens (primary N) is 1. The summed E-state index contributed by atoms with van der Waals surface area (Å²) < 4.78 is 61.0. The fraction of sp³-hybridized carbons (Fsp3) is 0.417. The van der Waals surface area contributed by atoms with Gasteiger partial charge in [0.15, 0.2) is 0 Å². The number of carbonyl (C=O) groups is 1. The van der Waals surface area contributed by atoms with Crippen LogP contribution in [0.3, 0.4) is 0 Å². The summed E-state index contributed by atoms with van der Waals surface area (Å²) in [4.78, 5) is 12.8. The van der Waals surface area contributed by atoms with Gasteiger partial charge in [-0.3, -0.25) is 4.79 Å². The molecule has 0 saturated carbocycles. The topological polar surface area (TPSA) is 80.5 Å². The highest BCUT2D eigenvalue weighted by atomic mass is 32.2. The maximum Gasteiger partial charge on any atom is 0.416 e. The second kappa shape index (κ2) is 5.30. The molecule has 1 unspecified atom stereocenters. The van der Waals surface area contributed by atoms with E-state index in [9.17, 15) is 26.4 Å². The Balaban J connectivity index is 2.22. The molecule has 0 aromatic heterocycles. The molecule has 5 nitrogen and oxygen atoms in total. The predicted molar refractivity (Wildman–Crippen MR) is 68.4 cm³/mol. The Hall–Kier alpha value is -1.61. The molecule has 2 N–H and O–H groups in total. The molecule has 0 aliphatic carbocycles. The summed E-state index contributed by atoms with van der Waals surface area (Å²) in [6.45, 7) is -0.482. The molecule has 0 spiro atoms. The van der Waals surface area contributed by atoms with Crippen LogP contribution in [0.5, 0.6) is 0 Å². The fourth-order valence-corrected chi connectivity index (χ4v) is 3.01. The molecule has 1 aromatic carbocycles. The highest BCUT2D eigenvalue weighted by Crippen LogP contribution is 2.33. The fourth-order valence-electron chi connectivity index (χ4n) is 2.25. The number of nitrogens with zero attached hydrogens (tertiary/aromatic N) is 1.